The Labute approximate surface area is 160 Å². The Morgan fingerprint density at radius 1 is 1.21 bits per heavy atom. The molecule has 28 heavy (non-hydrogen) atoms. The third kappa shape index (κ3) is 3.28. The van der Waals surface area contributed by atoms with Gasteiger partial charge in [-0.05, 0) is 30.2 Å². The number of pyridine rings is 1. The number of nitrogens with zero attached hydrogens (tertiary/aromatic N) is 4. The van der Waals surface area contributed by atoms with Crippen LogP contribution in [0.5, 0.6) is 5.75 Å². The molecule has 0 aliphatic rings. The number of fused-ring (bicyclic) bond motifs is 1. The lowest BCUT2D eigenvalue weighted by atomic mass is 10.1. The number of H-pyrrole nitrogens is 1. The molecule has 0 fully saturated rings. The highest BCUT2D eigenvalue weighted by atomic mass is 19.1. The second-order valence-electron chi connectivity index (χ2n) is 6.94. The molecule has 1 aromatic carbocycles. The van der Waals surface area contributed by atoms with Crippen molar-refractivity contribution in [2.75, 3.05) is 6.86 Å². The molecule has 0 radical (unpaired) electrons. The maximum Gasteiger partial charge on any atom is 0.283 e. The van der Waals surface area contributed by atoms with Crippen molar-refractivity contribution < 1.29 is 9.13 Å². The number of imidazole rings is 1. The van der Waals surface area contributed by atoms with E-state index in [1.54, 1.807) is 36.7 Å². The van der Waals surface area contributed by atoms with Gasteiger partial charge in [0.05, 0.1) is 18.0 Å². The summed E-state index contributed by atoms with van der Waals surface area (Å²) in [5.74, 6) is 0.870. The van der Waals surface area contributed by atoms with Crippen molar-refractivity contribution >= 4 is 11.0 Å². The lowest BCUT2D eigenvalue weighted by Crippen LogP contribution is -2.18. The van der Waals surface area contributed by atoms with Crippen molar-refractivity contribution in [3.63, 3.8) is 0 Å². The zero-order chi connectivity index (χ0) is 19.7. The fraction of sp³-hybridized carbons (Fsp3) is 0.250. The molecule has 8 heteroatoms. The lowest BCUT2D eigenvalue weighted by Gasteiger charge is -2.10. The summed E-state index contributed by atoms with van der Waals surface area (Å²) in [5.41, 5.74) is 3.12. The van der Waals surface area contributed by atoms with Gasteiger partial charge >= 0.3 is 0 Å². The largest absolute Gasteiger partial charge is 0.463 e. The van der Waals surface area contributed by atoms with Gasteiger partial charge in [0.2, 0.25) is 6.86 Å². The molecule has 0 aliphatic carbocycles. The minimum atomic E-state index is -0.900. The number of rotatable bonds is 6. The Morgan fingerprint density at radius 2 is 2.00 bits per heavy atom. The third-order valence-corrected chi connectivity index (χ3v) is 4.42. The van der Waals surface area contributed by atoms with Crippen LogP contribution in [0.4, 0.5) is 4.39 Å². The van der Waals surface area contributed by atoms with Crippen LogP contribution in [0, 0.1) is 5.92 Å². The minimum absolute atomic E-state index is 0.242. The van der Waals surface area contributed by atoms with Crippen LogP contribution in [0.1, 0.15) is 13.8 Å². The molecule has 1 N–H and O–H groups in total. The van der Waals surface area contributed by atoms with Gasteiger partial charge in [-0.25, -0.2) is 9.37 Å². The van der Waals surface area contributed by atoms with Crippen LogP contribution in [0.15, 0.2) is 54.0 Å². The highest BCUT2D eigenvalue weighted by Gasteiger charge is 2.15. The average Bonchev–Trinajstić information content (AvgIpc) is 3.33. The van der Waals surface area contributed by atoms with Crippen molar-refractivity contribution in [2.45, 2.75) is 20.4 Å². The maximum atomic E-state index is 12.9. The smallest absolute Gasteiger partial charge is 0.283 e. The summed E-state index contributed by atoms with van der Waals surface area (Å²) in [4.78, 5) is 20.2. The van der Waals surface area contributed by atoms with Crippen molar-refractivity contribution in [1.82, 2.24) is 24.3 Å². The molecule has 4 aromatic rings. The molecule has 0 saturated heterocycles. The molecule has 0 saturated carbocycles. The molecule has 4 rings (SSSR count). The van der Waals surface area contributed by atoms with E-state index in [4.69, 9.17) is 4.74 Å². The monoisotopic (exact) mass is 381 g/mol. The fourth-order valence-corrected chi connectivity index (χ4v) is 3.18. The van der Waals surface area contributed by atoms with Crippen LogP contribution < -0.4 is 10.3 Å². The molecule has 0 unspecified atom stereocenters. The molecule has 0 atom stereocenters. The Hall–Kier alpha value is -3.42. The van der Waals surface area contributed by atoms with E-state index in [0.29, 0.717) is 28.4 Å². The summed E-state index contributed by atoms with van der Waals surface area (Å²) < 4.78 is 20.6. The van der Waals surface area contributed by atoms with Gasteiger partial charge < -0.3 is 9.72 Å². The van der Waals surface area contributed by atoms with Crippen molar-refractivity contribution in [3.05, 3.63) is 59.5 Å². The van der Waals surface area contributed by atoms with Crippen LogP contribution in [0.25, 0.3) is 27.8 Å². The SMILES string of the molecule is CC(C)Cn1cc(-c2cn(-c3ccc(OCF)cc3)c(=O)c3nc[nH]c23)cn1. The molecule has 0 amide bonds. The van der Waals surface area contributed by atoms with Crippen molar-refractivity contribution in [3.8, 4) is 22.6 Å². The predicted molar refractivity (Wildman–Crippen MR) is 104 cm³/mol. The Morgan fingerprint density at radius 3 is 2.71 bits per heavy atom. The first kappa shape index (κ1) is 18.0. The van der Waals surface area contributed by atoms with E-state index in [-0.39, 0.29) is 5.56 Å². The van der Waals surface area contributed by atoms with Gasteiger partial charge in [0.1, 0.15) is 5.75 Å². The second-order valence-corrected chi connectivity index (χ2v) is 6.94. The molecule has 144 valence electrons. The molecule has 3 heterocycles. The first-order valence-corrected chi connectivity index (χ1v) is 8.97. The Kier molecular flexibility index (Phi) is 4.68. The molecular weight excluding hydrogens is 361 g/mol. The van der Waals surface area contributed by atoms with Gasteiger partial charge in [0.25, 0.3) is 5.56 Å². The van der Waals surface area contributed by atoms with Crippen LogP contribution in [0.2, 0.25) is 0 Å². The molecule has 0 aliphatic heterocycles. The molecule has 3 aromatic heterocycles. The predicted octanol–water partition coefficient (Wildman–Crippen LogP) is 3.54. The number of aromatic amines is 1. The van der Waals surface area contributed by atoms with Crippen LogP contribution >= 0.6 is 0 Å². The third-order valence-electron chi connectivity index (χ3n) is 4.42. The summed E-state index contributed by atoms with van der Waals surface area (Å²) in [6.45, 7) is 4.17. The first-order chi connectivity index (χ1) is 13.6. The number of aromatic nitrogens is 5. The number of alkyl halides is 1. The van der Waals surface area contributed by atoms with Gasteiger partial charge in [0.15, 0.2) is 5.52 Å². The fourth-order valence-electron chi connectivity index (χ4n) is 3.18. The van der Waals surface area contributed by atoms with E-state index in [1.165, 1.54) is 10.9 Å². The van der Waals surface area contributed by atoms with E-state index in [9.17, 15) is 9.18 Å². The number of halogens is 1. The number of nitrogens with one attached hydrogen (secondary N) is 1. The zero-order valence-electron chi connectivity index (χ0n) is 15.6. The average molecular weight is 381 g/mol. The van der Waals surface area contributed by atoms with Gasteiger partial charge in [-0.3, -0.25) is 14.0 Å². The molecular formula is C20H20FN5O2. The normalized spacial score (nSPS) is 11.4. The lowest BCUT2D eigenvalue weighted by molar-refractivity contribution is 0.192. The van der Waals surface area contributed by atoms with Crippen LogP contribution in [-0.2, 0) is 6.54 Å². The summed E-state index contributed by atoms with van der Waals surface area (Å²) >= 11 is 0. The van der Waals surface area contributed by atoms with Crippen molar-refractivity contribution in [1.29, 1.82) is 0 Å². The highest BCUT2D eigenvalue weighted by Crippen LogP contribution is 2.26. The van der Waals surface area contributed by atoms with Gasteiger partial charge in [-0.2, -0.15) is 5.10 Å². The van der Waals surface area contributed by atoms with E-state index in [2.05, 4.69) is 28.9 Å². The van der Waals surface area contributed by atoms with E-state index < -0.39 is 6.86 Å². The summed E-state index contributed by atoms with van der Waals surface area (Å²) in [6.07, 6.45) is 7.02. The van der Waals surface area contributed by atoms with E-state index in [0.717, 1.165) is 17.7 Å². The zero-order valence-corrected chi connectivity index (χ0v) is 15.6. The van der Waals surface area contributed by atoms with Gasteiger partial charge in [0, 0.05) is 35.8 Å². The number of hydrogen-bond donors (Lipinski definition) is 1. The summed E-state index contributed by atoms with van der Waals surface area (Å²) in [7, 11) is 0. The van der Waals surface area contributed by atoms with Crippen LogP contribution in [0.3, 0.4) is 0 Å². The number of benzene rings is 1. The Bertz CT molecular complexity index is 1160. The standard InChI is InChI=1S/C20H20FN5O2/c1-13(2)8-25-9-14(7-24-25)17-10-26(20(27)19-18(17)22-12-23-19)15-3-5-16(6-4-15)28-11-21/h3-7,9-10,12-13H,8,11H2,1-2H3,(H,22,23). The molecule has 0 spiro atoms. The molecule has 0 bridgehead atoms. The maximum absolute atomic E-state index is 12.9. The quantitative estimate of drug-likeness (QED) is 0.554. The van der Waals surface area contributed by atoms with Gasteiger partial charge in [-0.1, -0.05) is 13.8 Å². The minimum Gasteiger partial charge on any atom is -0.463 e. The number of ether oxygens (including phenoxy) is 1. The molecule has 7 nitrogen and oxygen atoms in total. The summed E-state index contributed by atoms with van der Waals surface area (Å²) in [5, 5.41) is 4.42. The van der Waals surface area contributed by atoms with Crippen LogP contribution in [-0.4, -0.2) is 31.2 Å². The Balaban J connectivity index is 1.83. The second kappa shape index (κ2) is 7.30. The first-order valence-electron chi connectivity index (χ1n) is 8.97. The number of hydrogen-bond acceptors (Lipinski definition) is 4. The van der Waals surface area contributed by atoms with E-state index in [1.807, 2.05) is 10.9 Å². The van der Waals surface area contributed by atoms with E-state index >= 15 is 0 Å². The highest BCUT2D eigenvalue weighted by molar-refractivity contribution is 5.90. The van der Waals surface area contributed by atoms with Crippen molar-refractivity contribution in [2.24, 2.45) is 5.92 Å². The summed E-state index contributed by atoms with van der Waals surface area (Å²) in [6, 6.07) is 6.65. The van der Waals surface area contributed by atoms with Gasteiger partial charge in [-0.15, -0.1) is 0 Å². The topological polar surface area (TPSA) is 77.7 Å².